The number of amides is 1. The number of hydrogen-bond donors (Lipinski definition) is 0. The highest BCUT2D eigenvalue weighted by Gasteiger charge is 2.36. The van der Waals surface area contributed by atoms with E-state index in [0.29, 0.717) is 30.4 Å². The zero-order valence-corrected chi connectivity index (χ0v) is 13.1. The van der Waals surface area contributed by atoms with Crippen molar-refractivity contribution in [1.29, 1.82) is 0 Å². The number of hydrogen-bond acceptors (Lipinski definition) is 3. The Hall–Kier alpha value is -1.04. The summed E-state index contributed by atoms with van der Waals surface area (Å²) in [6.07, 6.45) is 1.62. The molecule has 1 aliphatic rings. The molecule has 2 rings (SSSR count). The molecule has 0 radical (unpaired) electrons. The van der Waals surface area contributed by atoms with Crippen LogP contribution in [0.25, 0.3) is 0 Å². The van der Waals surface area contributed by atoms with E-state index >= 15 is 0 Å². The van der Waals surface area contributed by atoms with Gasteiger partial charge in [0, 0.05) is 33.4 Å². The summed E-state index contributed by atoms with van der Waals surface area (Å²) in [5, 5.41) is 0.566. The molecule has 1 saturated heterocycles. The maximum atomic E-state index is 12.6. The van der Waals surface area contributed by atoms with Crippen LogP contribution in [0.3, 0.4) is 0 Å². The van der Waals surface area contributed by atoms with Crippen molar-refractivity contribution in [2.45, 2.75) is 25.6 Å². The Morgan fingerprint density at radius 3 is 2.85 bits per heavy atom. The first-order valence-corrected chi connectivity index (χ1v) is 6.98. The fourth-order valence-corrected chi connectivity index (χ4v) is 2.87. The molecule has 112 valence electrons. The minimum Gasteiger partial charge on any atom is -0.382 e. The van der Waals surface area contributed by atoms with Gasteiger partial charge < -0.3 is 18.9 Å². The van der Waals surface area contributed by atoms with Crippen LogP contribution in [0.5, 0.6) is 0 Å². The summed E-state index contributed by atoms with van der Waals surface area (Å²) in [7, 11) is 3.45. The molecule has 0 spiro atoms. The monoisotopic (exact) mass is 300 g/mol. The van der Waals surface area contributed by atoms with Crippen LogP contribution in [-0.2, 0) is 16.5 Å². The Morgan fingerprint density at radius 1 is 1.60 bits per heavy atom. The molecule has 0 unspecified atom stereocenters. The number of ether oxygens (including phenoxy) is 2. The number of carbonyl (C=O) groups excluding carboxylic acids is 1. The molecule has 0 saturated carbocycles. The van der Waals surface area contributed by atoms with Gasteiger partial charge in [-0.05, 0) is 19.9 Å². The SMILES string of the molecule is COC[C@H]1CN(C(=O)c2cc(Cl)cn2C)CC(C)(C)O1. The molecule has 2 heterocycles. The number of nitrogens with zero attached hydrogens (tertiary/aromatic N) is 2. The highest BCUT2D eigenvalue weighted by atomic mass is 35.5. The topological polar surface area (TPSA) is 43.7 Å². The van der Waals surface area contributed by atoms with Crippen LogP contribution in [0, 0.1) is 0 Å². The van der Waals surface area contributed by atoms with Crippen LogP contribution in [-0.4, -0.2) is 53.9 Å². The van der Waals surface area contributed by atoms with Crippen molar-refractivity contribution in [1.82, 2.24) is 9.47 Å². The van der Waals surface area contributed by atoms with E-state index in [2.05, 4.69) is 0 Å². The number of carbonyl (C=O) groups is 1. The van der Waals surface area contributed by atoms with Crippen molar-refractivity contribution in [2.24, 2.45) is 7.05 Å². The van der Waals surface area contributed by atoms with Gasteiger partial charge in [-0.15, -0.1) is 0 Å². The molecule has 0 N–H and O–H groups in total. The van der Waals surface area contributed by atoms with E-state index in [1.165, 1.54) is 0 Å². The fourth-order valence-electron chi connectivity index (χ4n) is 2.62. The van der Waals surface area contributed by atoms with Gasteiger partial charge in [-0.3, -0.25) is 4.79 Å². The number of methoxy groups -OCH3 is 1. The zero-order chi connectivity index (χ0) is 14.9. The summed E-state index contributed by atoms with van der Waals surface area (Å²) < 4.78 is 12.8. The van der Waals surface area contributed by atoms with Crippen molar-refractivity contribution >= 4 is 17.5 Å². The van der Waals surface area contributed by atoms with Crippen molar-refractivity contribution in [3.63, 3.8) is 0 Å². The van der Waals surface area contributed by atoms with E-state index in [1.54, 1.807) is 28.8 Å². The molecule has 1 aromatic heterocycles. The number of aromatic nitrogens is 1. The predicted molar refractivity (Wildman–Crippen MR) is 77.2 cm³/mol. The van der Waals surface area contributed by atoms with Gasteiger partial charge in [-0.1, -0.05) is 11.6 Å². The maximum absolute atomic E-state index is 12.6. The van der Waals surface area contributed by atoms with Crippen LogP contribution in [0.2, 0.25) is 5.02 Å². The van der Waals surface area contributed by atoms with Crippen molar-refractivity contribution in [2.75, 3.05) is 26.8 Å². The summed E-state index contributed by atoms with van der Waals surface area (Å²) >= 11 is 5.95. The summed E-state index contributed by atoms with van der Waals surface area (Å²) in [5.74, 6) is -0.0307. The summed E-state index contributed by atoms with van der Waals surface area (Å²) in [5.41, 5.74) is 0.204. The summed E-state index contributed by atoms with van der Waals surface area (Å²) in [4.78, 5) is 14.4. The lowest BCUT2D eigenvalue weighted by Crippen LogP contribution is -2.55. The first kappa shape index (κ1) is 15.4. The quantitative estimate of drug-likeness (QED) is 0.857. The van der Waals surface area contributed by atoms with Gasteiger partial charge >= 0.3 is 0 Å². The van der Waals surface area contributed by atoms with E-state index in [0.717, 1.165) is 0 Å². The molecule has 0 aromatic carbocycles. The van der Waals surface area contributed by atoms with Gasteiger partial charge in [-0.25, -0.2) is 0 Å². The molecule has 1 fully saturated rings. The van der Waals surface area contributed by atoms with Crippen LogP contribution in [0.4, 0.5) is 0 Å². The van der Waals surface area contributed by atoms with Crippen molar-refractivity contribution < 1.29 is 14.3 Å². The Balaban J connectivity index is 2.18. The first-order valence-electron chi connectivity index (χ1n) is 6.60. The van der Waals surface area contributed by atoms with Gasteiger partial charge in [0.1, 0.15) is 5.69 Å². The molecule has 0 aliphatic carbocycles. The molecular weight excluding hydrogens is 280 g/mol. The molecule has 1 amide bonds. The van der Waals surface area contributed by atoms with Crippen molar-refractivity contribution in [3.8, 4) is 0 Å². The van der Waals surface area contributed by atoms with Crippen LogP contribution >= 0.6 is 11.6 Å². The van der Waals surface area contributed by atoms with Gasteiger partial charge in [-0.2, -0.15) is 0 Å². The van der Waals surface area contributed by atoms with Crippen LogP contribution < -0.4 is 0 Å². The van der Waals surface area contributed by atoms with E-state index in [4.69, 9.17) is 21.1 Å². The third-order valence-electron chi connectivity index (χ3n) is 3.31. The van der Waals surface area contributed by atoms with E-state index in [-0.39, 0.29) is 17.6 Å². The molecule has 20 heavy (non-hydrogen) atoms. The lowest BCUT2D eigenvalue weighted by Gasteiger charge is -2.42. The molecule has 1 aliphatic heterocycles. The maximum Gasteiger partial charge on any atom is 0.270 e. The molecule has 1 aromatic rings. The van der Waals surface area contributed by atoms with Crippen LogP contribution in [0.15, 0.2) is 12.3 Å². The van der Waals surface area contributed by atoms with E-state index in [9.17, 15) is 4.79 Å². The standard InChI is InChI=1S/C14H21ClN2O3/c1-14(2)9-17(7-11(20-14)8-19-4)13(18)12-5-10(15)6-16(12)3/h5-6,11H,7-9H2,1-4H3/t11-/m1/s1. The predicted octanol–water partition coefficient (Wildman–Crippen LogP) is 1.94. The van der Waals surface area contributed by atoms with E-state index in [1.807, 2.05) is 20.9 Å². The average Bonchev–Trinajstić information content (AvgIpc) is 2.66. The number of morpholine rings is 1. The zero-order valence-electron chi connectivity index (χ0n) is 12.4. The summed E-state index contributed by atoms with van der Waals surface area (Å²) in [6.45, 7) is 5.51. The van der Waals surface area contributed by atoms with Gasteiger partial charge in [0.05, 0.1) is 23.3 Å². The van der Waals surface area contributed by atoms with Gasteiger partial charge in [0.15, 0.2) is 0 Å². The number of rotatable bonds is 3. The fraction of sp³-hybridized carbons (Fsp3) is 0.643. The molecule has 0 bridgehead atoms. The minimum atomic E-state index is -0.383. The highest BCUT2D eigenvalue weighted by Crippen LogP contribution is 2.23. The first-order chi connectivity index (χ1) is 9.32. The van der Waals surface area contributed by atoms with Gasteiger partial charge in [0.2, 0.25) is 0 Å². The molecule has 6 heteroatoms. The lowest BCUT2D eigenvalue weighted by atomic mass is 10.0. The minimum absolute atomic E-state index is 0.0307. The third-order valence-corrected chi connectivity index (χ3v) is 3.52. The van der Waals surface area contributed by atoms with Gasteiger partial charge in [0.25, 0.3) is 5.91 Å². The Bertz CT molecular complexity index is 499. The number of aryl methyl sites for hydroxylation is 1. The highest BCUT2D eigenvalue weighted by molar-refractivity contribution is 6.31. The Morgan fingerprint density at radius 2 is 2.30 bits per heavy atom. The van der Waals surface area contributed by atoms with Crippen LogP contribution in [0.1, 0.15) is 24.3 Å². The molecule has 5 nitrogen and oxygen atoms in total. The Labute approximate surface area is 124 Å². The molecular formula is C14H21ClN2O3. The molecule has 1 atom stereocenters. The second kappa shape index (κ2) is 5.76. The third kappa shape index (κ3) is 3.34. The smallest absolute Gasteiger partial charge is 0.270 e. The Kier molecular flexibility index (Phi) is 4.42. The lowest BCUT2D eigenvalue weighted by molar-refractivity contribution is -0.143. The normalized spacial score (nSPS) is 22.1. The van der Waals surface area contributed by atoms with E-state index < -0.39 is 0 Å². The summed E-state index contributed by atoms with van der Waals surface area (Å²) in [6, 6.07) is 1.69. The second-order valence-electron chi connectivity index (χ2n) is 5.80. The number of halogens is 1. The van der Waals surface area contributed by atoms with Crippen molar-refractivity contribution in [3.05, 3.63) is 23.0 Å². The largest absolute Gasteiger partial charge is 0.382 e. The second-order valence-corrected chi connectivity index (χ2v) is 6.23. The average molecular weight is 301 g/mol.